The molecule has 272 valence electrons. The van der Waals surface area contributed by atoms with E-state index in [9.17, 15) is 19.8 Å². The van der Waals surface area contributed by atoms with Gasteiger partial charge in [-0.05, 0) is 85.3 Å². The van der Waals surface area contributed by atoms with Gasteiger partial charge in [-0.2, -0.15) is 0 Å². The van der Waals surface area contributed by atoms with Crippen LogP contribution in [0.5, 0.6) is 0 Å². The Labute approximate surface area is 304 Å². The van der Waals surface area contributed by atoms with Gasteiger partial charge in [0.25, 0.3) is 5.56 Å². The number of rotatable bonds is 10. The fraction of sp³-hybridized carbons (Fsp3) is 0.325. The zero-order valence-electron chi connectivity index (χ0n) is 29.5. The molecule has 2 fully saturated rings. The van der Waals surface area contributed by atoms with Gasteiger partial charge < -0.3 is 29.4 Å². The summed E-state index contributed by atoms with van der Waals surface area (Å²) in [5.74, 6) is -1.16. The number of anilines is 2. The molecule has 53 heavy (non-hydrogen) atoms. The zero-order chi connectivity index (χ0) is 36.8. The summed E-state index contributed by atoms with van der Waals surface area (Å²) in [5, 5.41) is 23.7. The number of pyridine rings is 3. The van der Waals surface area contributed by atoms with Crippen LogP contribution in [0.4, 0.5) is 15.9 Å². The first-order chi connectivity index (χ1) is 25.6. The van der Waals surface area contributed by atoms with Crippen LogP contribution < -0.4 is 10.9 Å². The van der Waals surface area contributed by atoms with Crippen LogP contribution in [0.15, 0.2) is 76.3 Å². The van der Waals surface area contributed by atoms with Gasteiger partial charge in [0.2, 0.25) is 5.89 Å². The average Bonchev–Trinajstić information content (AvgIpc) is 3.91. The Morgan fingerprint density at radius 2 is 1.74 bits per heavy atom. The van der Waals surface area contributed by atoms with Gasteiger partial charge in [-0.15, -0.1) is 0 Å². The van der Waals surface area contributed by atoms with Gasteiger partial charge in [0.05, 0.1) is 12.0 Å². The minimum Gasteiger partial charge on any atom is -0.481 e. The number of nitrogens with zero attached hydrogens (tertiary/aromatic N) is 6. The number of aliphatic hydroxyl groups is 1. The topological polar surface area (TPSA) is 150 Å². The molecule has 0 radical (unpaired) electrons. The second kappa shape index (κ2) is 14.1. The molecule has 4 aromatic heterocycles. The normalized spacial score (nSPS) is 18.0. The van der Waals surface area contributed by atoms with Crippen LogP contribution in [0, 0.1) is 25.6 Å². The zero-order valence-corrected chi connectivity index (χ0v) is 29.5. The molecular formula is C40H40FN7O5. The third-order valence-electron chi connectivity index (χ3n) is 10.6. The second-order valence-corrected chi connectivity index (χ2v) is 14.1. The van der Waals surface area contributed by atoms with Crippen LogP contribution in [0.2, 0.25) is 0 Å². The van der Waals surface area contributed by atoms with E-state index in [2.05, 4.69) is 26.3 Å². The first-order valence-electron chi connectivity index (χ1n) is 17.9. The van der Waals surface area contributed by atoms with Gasteiger partial charge in [0, 0.05) is 74.5 Å². The fourth-order valence-electron chi connectivity index (χ4n) is 7.63. The van der Waals surface area contributed by atoms with Crippen molar-refractivity contribution in [1.29, 1.82) is 0 Å². The Morgan fingerprint density at radius 1 is 0.962 bits per heavy atom. The van der Waals surface area contributed by atoms with E-state index in [4.69, 9.17) is 9.40 Å². The van der Waals surface area contributed by atoms with Gasteiger partial charge in [-0.3, -0.25) is 19.5 Å². The quantitative estimate of drug-likeness (QED) is 0.159. The van der Waals surface area contributed by atoms with Crippen molar-refractivity contribution in [3.63, 3.8) is 0 Å². The lowest BCUT2D eigenvalue weighted by molar-refractivity contribution is -0.141. The molecule has 2 aliphatic rings. The number of nitrogens with one attached hydrogen (secondary N) is 1. The minimum atomic E-state index is -0.826. The summed E-state index contributed by atoms with van der Waals surface area (Å²) < 4.78 is 22.5. The van der Waals surface area contributed by atoms with Crippen LogP contribution >= 0.6 is 0 Å². The number of likely N-dealkylation sites (tertiary alicyclic amines) is 2. The molecular weight excluding hydrogens is 677 g/mol. The average molecular weight is 718 g/mol. The molecule has 2 aromatic carbocycles. The summed E-state index contributed by atoms with van der Waals surface area (Å²) in [6, 6.07) is 15.8. The lowest BCUT2D eigenvalue weighted by atomic mass is 9.93. The Balaban J connectivity index is 1.05. The Hall–Kier alpha value is -5.50. The van der Waals surface area contributed by atoms with E-state index in [1.165, 1.54) is 4.57 Å². The van der Waals surface area contributed by atoms with Crippen molar-refractivity contribution in [3.05, 3.63) is 100.0 Å². The summed E-state index contributed by atoms with van der Waals surface area (Å²) >= 11 is 0. The summed E-state index contributed by atoms with van der Waals surface area (Å²) in [6.45, 7) is 7.90. The number of carboxylic acids is 1. The van der Waals surface area contributed by atoms with E-state index in [0.29, 0.717) is 44.0 Å². The highest BCUT2D eigenvalue weighted by Gasteiger charge is 2.28. The third kappa shape index (κ3) is 6.78. The number of β-amino-alcohol motifs (C(OH)–C–C–N with tert-alkyl or cyclic N) is 1. The summed E-state index contributed by atoms with van der Waals surface area (Å²) in [6.07, 6.45) is 5.85. The molecule has 8 rings (SSSR count). The van der Waals surface area contributed by atoms with Gasteiger partial charge >= 0.3 is 5.97 Å². The summed E-state index contributed by atoms with van der Waals surface area (Å²) in [7, 11) is 0. The fourth-order valence-corrected chi connectivity index (χ4v) is 7.63. The number of hydrogen-bond donors (Lipinski definition) is 3. The van der Waals surface area contributed by atoms with E-state index in [-0.39, 0.29) is 29.6 Å². The van der Waals surface area contributed by atoms with E-state index in [1.807, 2.05) is 67.4 Å². The molecule has 2 saturated heterocycles. The molecule has 3 N–H and O–H groups in total. The Bertz CT molecular complexity index is 2430. The highest BCUT2D eigenvalue weighted by Crippen LogP contribution is 2.37. The highest BCUT2D eigenvalue weighted by molar-refractivity contribution is 5.91. The van der Waals surface area contributed by atoms with Crippen LogP contribution in [0.1, 0.15) is 29.5 Å². The molecule has 0 unspecified atom stereocenters. The monoisotopic (exact) mass is 717 g/mol. The van der Waals surface area contributed by atoms with Gasteiger partial charge in [-0.1, -0.05) is 24.3 Å². The van der Waals surface area contributed by atoms with E-state index in [0.717, 1.165) is 70.1 Å². The second-order valence-electron chi connectivity index (χ2n) is 14.1. The molecule has 0 amide bonds. The molecule has 2 atom stereocenters. The summed E-state index contributed by atoms with van der Waals surface area (Å²) in [5.41, 5.74) is 6.31. The van der Waals surface area contributed by atoms with Crippen LogP contribution in [-0.2, 0) is 17.9 Å². The van der Waals surface area contributed by atoms with Crippen molar-refractivity contribution in [1.82, 2.24) is 29.3 Å². The number of oxazole rings is 1. The van der Waals surface area contributed by atoms with Crippen molar-refractivity contribution >= 4 is 39.5 Å². The first-order valence-corrected chi connectivity index (χ1v) is 17.9. The highest BCUT2D eigenvalue weighted by atomic mass is 19.1. The number of fused-ring (bicyclic) bond motifs is 2. The van der Waals surface area contributed by atoms with Gasteiger partial charge in [0.15, 0.2) is 22.7 Å². The van der Waals surface area contributed by atoms with Crippen molar-refractivity contribution in [3.8, 4) is 22.6 Å². The number of benzene rings is 2. The molecule has 13 heteroatoms. The number of carboxylic acid groups (broad SMARTS) is 1. The molecule has 0 spiro atoms. The molecule has 6 heterocycles. The van der Waals surface area contributed by atoms with Crippen molar-refractivity contribution in [2.75, 3.05) is 38.0 Å². The summed E-state index contributed by atoms with van der Waals surface area (Å²) in [4.78, 5) is 42.9. The van der Waals surface area contributed by atoms with Crippen LogP contribution in [0.3, 0.4) is 0 Å². The predicted octanol–water partition coefficient (Wildman–Crippen LogP) is 5.74. The number of aromatic nitrogens is 4. The van der Waals surface area contributed by atoms with E-state index in [1.54, 1.807) is 6.20 Å². The van der Waals surface area contributed by atoms with E-state index >= 15 is 4.39 Å². The number of aliphatic carboxylic acids is 1. The van der Waals surface area contributed by atoms with Crippen LogP contribution in [0.25, 0.3) is 44.6 Å². The van der Waals surface area contributed by atoms with Crippen LogP contribution in [-0.4, -0.2) is 84.3 Å². The third-order valence-corrected chi connectivity index (χ3v) is 10.6. The standard InChI is InChI=1S/C40H40FN7O5/c1-23-29(5-3-7-31(23)38-45-35-36(53-38)32(41)22-48(39(35)50)16-15-46-13-10-27(20-46)40(51)52)30-6-4-8-33(24(30)2)44-37-34-26(9-12-42-37)17-25(18-43-34)19-47-14-11-28(49)21-47/h3-9,12,17-18,22,27-28,49H,10-11,13-16,19-21H2,1-2H3,(H,42,44)(H,51,52)/t27-,28-/m1/s1. The smallest absolute Gasteiger partial charge is 0.307 e. The van der Waals surface area contributed by atoms with Crippen molar-refractivity contribution < 1.29 is 23.8 Å². The number of hydrogen-bond acceptors (Lipinski definition) is 10. The molecule has 2 aliphatic heterocycles. The number of halogens is 1. The molecule has 0 bridgehead atoms. The van der Waals surface area contributed by atoms with E-state index < -0.39 is 23.3 Å². The molecule has 6 aromatic rings. The maximum absolute atomic E-state index is 15.3. The lowest BCUT2D eigenvalue weighted by Crippen LogP contribution is -2.30. The number of carbonyl (C=O) groups is 1. The first kappa shape index (κ1) is 34.6. The molecule has 0 aliphatic carbocycles. The largest absolute Gasteiger partial charge is 0.481 e. The number of aliphatic hydroxyl groups excluding tert-OH is 1. The Kier molecular flexibility index (Phi) is 9.23. The maximum atomic E-state index is 15.3. The SMILES string of the molecule is Cc1c(Nc2nccc3cc(CN4CC[C@@H](O)C4)cnc23)cccc1-c1cccc(-c2nc3c(=O)n(CCN4CC[C@@H](C(=O)O)C4)cc(F)c3o2)c1C. The van der Waals surface area contributed by atoms with Gasteiger partial charge in [-0.25, -0.2) is 14.4 Å². The van der Waals surface area contributed by atoms with Crippen molar-refractivity contribution in [2.45, 2.75) is 45.9 Å². The predicted molar refractivity (Wildman–Crippen MR) is 199 cm³/mol. The maximum Gasteiger partial charge on any atom is 0.307 e. The molecule has 0 saturated carbocycles. The Morgan fingerprint density at radius 3 is 2.51 bits per heavy atom. The molecule has 12 nitrogen and oxygen atoms in total. The van der Waals surface area contributed by atoms with Gasteiger partial charge in [0.1, 0.15) is 5.52 Å². The lowest BCUT2D eigenvalue weighted by Gasteiger charge is -2.17. The minimum absolute atomic E-state index is 0.0878. The van der Waals surface area contributed by atoms with Crippen molar-refractivity contribution in [2.24, 2.45) is 5.92 Å².